The number of likely N-dealkylation sites (tertiary alicyclic amines) is 1. The molecule has 0 saturated carbocycles. The summed E-state index contributed by atoms with van der Waals surface area (Å²) in [5.41, 5.74) is 3.45. The lowest BCUT2D eigenvalue weighted by atomic mass is 9.95. The molecule has 0 aromatic heterocycles. The van der Waals surface area contributed by atoms with Crippen molar-refractivity contribution < 1.29 is 24.2 Å². The first-order chi connectivity index (χ1) is 17.8. The number of carbonyl (C=O) groups is 2. The number of aryl methyl sites for hydroxylation is 1. The quantitative estimate of drug-likeness (QED) is 0.264. The molecule has 192 valence electrons. The first-order valence-electron chi connectivity index (χ1n) is 12.1. The van der Waals surface area contributed by atoms with Gasteiger partial charge in [0.2, 0.25) is 0 Å². The molecular weight excluding hydrogens is 468 g/mol. The molecule has 0 unspecified atom stereocenters. The molecule has 4 rings (SSSR count). The van der Waals surface area contributed by atoms with E-state index in [0.717, 1.165) is 16.7 Å². The van der Waals surface area contributed by atoms with E-state index >= 15 is 0 Å². The van der Waals surface area contributed by atoms with Crippen molar-refractivity contribution in [1.82, 2.24) is 9.80 Å². The fourth-order valence-electron chi connectivity index (χ4n) is 4.38. The van der Waals surface area contributed by atoms with Gasteiger partial charge in [-0.15, -0.1) is 0 Å². The van der Waals surface area contributed by atoms with Gasteiger partial charge in [0, 0.05) is 18.7 Å². The minimum absolute atomic E-state index is 0.0716. The molecule has 1 fully saturated rings. The Hall–Kier alpha value is -4.10. The maximum Gasteiger partial charge on any atom is 0.295 e. The SMILES string of the molecule is COc1ccc([C@@H]2/C(=C(\O)c3ccc(OCc4cccc(C)c4)cc3)C(=O)C(=O)N2CCN(C)C)cc1. The van der Waals surface area contributed by atoms with Crippen LogP contribution in [0.3, 0.4) is 0 Å². The number of benzene rings is 3. The predicted molar refractivity (Wildman–Crippen MR) is 143 cm³/mol. The summed E-state index contributed by atoms with van der Waals surface area (Å²) in [6.07, 6.45) is 0. The van der Waals surface area contributed by atoms with Crippen LogP contribution < -0.4 is 9.47 Å². The molecule has 0 aliphatic carbocycles. The van der Waals surface area contributed by atoms with Crippen molar-refractivity contribution in [3.63, 3.8) is 0 Å². The monoisotopic (exact) mass is 500 g/mol. The van der Waals surface area contributed by atoms with Crippen molar-refractivity contribution in [1.29, 1.82) is 0 Å². The third-order valence-corrected chi connectivity index (χ3v) is 6.38. The van der Waals surface area contributed by atoms with Gasteiger partial charge < -0.3 is 24.4 Å². The van der Waals surface area contributed by atoms with Gasteiger partial charge in [-0.25, -0.2) is 0 Å². The Morgan fingerprint density at radius 2 is 1.65 bits per heavy atom. The standard InChI is InChI=1S/C30H32N2O5/c1-20-6-5-7-21(18-20)19-37-25-14-10-23(11-15-25)28(33)26-27(22-8-12-24(36-4)13-9-22)32(17-16-31(2)3)30(35)29(26)34/h5-15,18,27,33H,16-17,19H2,1-4H3/b28-26+/t27-/m1/s1. The summed E-state index contributed by atoms with van der Waals surface area (Å²) in [5.74, 6) is -0.234. The first kappa shape index (κ1) is 26.0. The Balaban J connectivity index is 1.64. The number of hydrogen-bond donors (Lipinski definition) is 1. The highest BCUT2D eigenvalue weighted by Gasteiger charge is 2.45. The lowest BCUT2D eigenvalue weighted by molar-refractivity contribution is -0.140. The van der Waals surface area contributed by atoms with Crippen LogP contribution in [0, 0.1) is 6.92 Å². The van der Waals surface area contributed by atoms with Gasteiger partial charge in [-0.3, -0.25) is 9.59 Å². The number of hydrogen-bond acceptors (Lipinski definition) is 6. The highest BCUT2D eigenvalue weighted by Crippen LogP contribution is 2.39. The molecule has 1 amide bonds. The Bertz CT molecular complexity index is 1300. The molecule has 1 saturated heterocycles. The van der Waals surface area contributed by atoms with Gasteiger partial charge in [0.05, 0.1) is 18.7 Å². The molecule has 0 bridgehead atoms. The maximum absolute atomic E-state index is 13.2. The minimum atomic E-state index is -0.705. The molecule has 0 radical (unpaired) electrons. The maximum atomic E-state index is 13.2. The molecule has 1 aliphatic heterocycles. The average Bonchev–Trinajstić information content (AvgIpc) is 3.15. The number of carbonyl (C=O) groups excluding carboxylic acids is 2. The van der Waals surface area contributed by atoms with E-state index in [2.05, 4.69) is 6.07 Å². The van der Waals surface area contributed by atoms with Gasteiger partial charge in [-0.2, -0.15) is 0 Å². The number of nitrogens with zero attached hydrogens (tertiary/aromatic N) is 2. The van der Waals surface area contributed by atoms with Crippen molar-refractivity contribution in [3.05, 3.63) is 101 Å². The molecule has 3 aromatic carbocycles. The zero-order chi connectivity index (χ0) is 26.5. The lowest BCUT2D eigenvalue weighted by Crippen LogP contribution is -2.35. The normalized spacial score (nSPS) is 16.9. The molecule has 1 aliphatic rings. The summed E-state index contributed by atoms with van der Waals surface area (Å²) in [6.45, 7) is 3.37. The van der Waals surface area contributed by atoms with Gasteiger partial charge in [0.15, 0.2) is 0 Å². The Morgan fingerprint density at radius 1 is 0.973 bits per heavy atom. The molecule has 1 N–H and O–H groups in total. The molecule has 0 spiro atoms. The molecule has 3 aromatic rings. The van der Waals surface area contributed by atoms with Gasteiger partial charge >= 0.3 is 0 Å². The number of rotatable bonds is 9. The van der Waals surface area contributed by atoms with Crippen molar-refractivity contribution in [3.8, 4) is 11.5 Å². The molecule has 7 heteroatoms. The highest BCUT2D eigenvalue weighted by atomic mass is 16.5. The van der Waals surface area contributed by atoms with Gasteiger partial charge in [0.1, 0.15) is 23.9 Å². The number of aliphatic hydroxyl groups excluding tert-OH is 1. The molecule has 7 nitrogen and oxygen atoms in total. The third kappa shape index (κ3) is 5.84. The number of Topliss-reactive ketones (excluding diaryl/α,β-unsaturated/α-hetero) is 1. The van der Waals surface area contributed by atoms with Crippen LogP contribution in [0.5, 0.6) is 11.5 Å². The third-order valence-electron chi connectivity index (χ3n) is 6.38. The van der Waals surface area contributed by atoms with Crippen molar-refractivity contribution in [2.75, 3.05) is 34.3 Å². The van der Waals surface area contributed by atoms with Gasteiger partial charge in [0.25, 0.3) is 11.7 Å². The summed E-state index contributed by atoms with van der Waals surface area (Å²) in [6, 6.07) is 21.4. The number of aliphatic hydroxyl groups is 1. The van der Waals surface area contributed by atoms with E-state index in [1.165, 1.54) is 4.90 Å². The van der Waals surface area contributed by atoms with Crippen LogP contribution in [0.15, 0.2) is 78.4 Å². The molecular formula is C30H32N2O5. The van der Waals surface area contributed by atoms with Gasteiger partial charge in [-0.05, 0) is 68.5 Å². The van der Waals surface area contributed by atoms with Crippen LogP contribution in [-0.4, -0.2) is 60.9 Å². The van der Waals surface area contributed by atoms with Gasteiger partial charge in [-0.1, -0.05) is 42.0 Å². The number of methoxy groups -OCH3 is 1. The average molecular weight is 501 g/mol. The molecule has 1 atom stereocenters. The largest absolute Gasteiger partial charge is 0.507 e. The Labute approximate surface area is 217 Å². The van der Waals surface area contributed by atoms with E-state index in [4.69, 9.17) is 9.47 Å². The number of amides is 1. The Kier molecular flexibility index (Phi) is 7.94. The smallest absolute Gasteiger partial charge is 0.295 e. The zero-order valence-electron chi connectivity index (χ0n) is 21.6. The fourth-order valence-corrected chi connectivity index (χ4v) is 4.38. The van der Waals surface area contributed by atoms with E-state index in [9.17, 15) is 14.7 Å². The van der Waals surface area contributed by atoms with Crippen molar-refractivity contribution >= 4 is 17.4 Å². The van der Waals surface area contributed by atoms with Crippen LogP contribution in [-0.2, 0) is 16.2 Å². The second-order valence-corrected chi connectivity index (χ2v) is 9.37. The van der Waals surface area contributed by atoms with Crippen LogP contribution in [0.4, 0.5) is 0 Å². The number of likely N-dealkylation sites (N-methyl/N-ethyl adjacent to an activating group) is 1. The van der Waals surface area contributed by atoms with Crippen LogP contribution >= 0.6 is 0 Å². The topological polar surface area (TPSA) is 79.3 Å². The van der Waals surface area contributed by atoms with E-state index in [0.29, 0.717) is 36.8 Å². The summed E-state index contributed by atoms with van der Waals surface area (Å²) in [4.78, 5) is 29.7. The number of ether oxygens (including phenoxy) is 2. The van der Waals surface area contributed by atoms with Crippen LogP contribution in [0.25, 0.3) is 5.76 Å². The van der Waals surface area contributed by atoms with E-state index in [-0.39, 0.29) is 11.3 Å². The fraction of sp³-hybridized carbons (Fsp3) is 0.267. The van der Waals surface area contributed by atoms with Crippen molar-refractivity contribution in [2.45, 2.75) is 19.6 Å². The number of ketones is 1. The van der Waals surface area contributed by atoms with Crippen molar-refractivity contribution in [2.24, 2.45) is 0 Å². The first-order valence-corrected chi connectivity index (χ1v) is 12.1. The zero-order valence-corrected chi connectivity index (χ0v) is 21.6. The predicted octanol–water partition coefficient (Wildman–Crippen LogP) is 4.57. The lowest BCUT2D eigenvalue weighted by Gasteiger charge is -2.26. The summed E-state index contributed by atoms with van der Waals surface area (Å²) >= 11 is 0. The highest BCUT2D eigenvalue weighted by molar-refractivity contribution is 6.46. The van der Waals surface area contributed by atoms with Crippen LogP contribution in [0.2, 0.25) is 0 Å². The minimum Gasteiger partial charge on any atom is -0.507 e. The van der Waals surface area contributed by atoms with Crippen LogP contribution in [0.1, 0.15) is 28.3 Å². The van der Waals surface area contributed by atoms with E-state index in [1.807, 2.05) is 56.3 Å². The molecule has 1 heterocycles. The second kappa shape index (κ2) is 11.3. The summed E-state index contributed by atoms with van der Waals surface area (Å²) < 4.78 is 11.1. The van der Waals surface area contributed by atoms with E-state index < -0.39 is 17.7 Å². The summed E-state index contributed by atoms with van der Waals surface area (Å²) in [5, 5.41) is 11.3. The second-order valence-electron chi connectivity index (χ2n) is 9.37. The van der Waals surface area contributed by atoms with E-state index in [1.54, 1.807) is 43.5 Å². The summed E-state index contributed by atoms with van der Waals surface area (Å²) in [7, 11) is 5.38. The Morgan fingerprint density at radius 3 is 2.27 bits per heavy atom. The molecule has 37 heavy (non-hydrogen) atoms.